The molecule has 172 valence electrons. The molecule has 0 aliphatic carbocycles. The number of carbonyl (C=O) groups excluding carboxylic acids is 3. The van der Waals surface area contributed by atoms with E-state index in [-0.39, 0.29) is 18.2 Å². The van der Waals surface area contributed by atoms with Gasteiger partial charge in [0.05, 0.1) is 4.91 Å². The topological polar surface area (TPSA) is 78.5 Å². The number of hydrogen-bond donors (Lipinski definition) is 2. The van der Waals surface area contributed by atoms with E-state index in [1.54, 1.807) is 41.3 Å². The zero-order valence-corrected chi connectivity index (χ0v) is 20.6. The van der Waals surface area contributed by atoms with E-state index in [9.17, 15) is 14.4 Å². The summed E-state index contributed by atoms with van der Waals surface area (Å²) < 4.78 is 0.529. The highest BCUT2D eigenvalue weighted by molar-refractivity contribution is 8.26. The molecule has 0 spiro atoms. The Labute approximate surface area is 211 Å². The van der Waals surface area contributed by atoms with E-state index in [1.807, 2.05) is 12.1 Å². The number of amides is 3. The van der Waals surface area contributed by atoms with Crippen LogP contribution in [0.15, 0.2) is 53.4 Å². The second kappa shape index (κ2) is 12.2. The number of unbranched alkanes of at least 4 members (excludes halogenated alkanes) is 2. The van der Waals surface area contributed by atoms with Gasteiger partial charge in [0, 0.05) is 28.6 Å². The fourth-order valence-corrected chi connectivity index (χ4v) is 4.65. The van der Waals surface area contributed by atoms with Crippen molar-refractivity contribution < 1.29 is 14.4 Å². The Morgan fingerprint density at radius 2 is 1.76 bits per heavy atom. The van der Waals surface area contributed by atoms with Gasteiger partial charge in [-0.3, -0.25) is 30.1 Å². The number of hydrogen-bond acceptors (Lipinski definition) is 5. The Bertz CT molecular complexity index is 1090. The molecular formula is C23H21Cl2N3O3S2. The van der Waals surface area contributed by atoms with Crippen LogP contribution in [0.3, 0.4) is 0 Å². The van der Waals surface area contributed by atoms with Crippen LogP contribution >= 0.6 is 47.2 Å². The molecule has 33 heavy (non-hydrogen) atoms. The van der Waals surface area contributed by atoms with Crippen LogP contribution in [-0.4, -0.2) is 33.5 Å². The van der Waals surface area contributed by atoms with Crippen LogP contribution in [-0.2, 0) is 9.59 Å². The minimum atomic E-state index is -0.438. The number of nitrogens with zero attached hydrogens (tertiary/aromatic N) is 1. The molecule has 6 nitrogen and oxygen atoms in total. The van der Waals surface area contributed by atoms with Crippen molar-refractivity contribution in [1.29, 1.82) is 0 Å². The molecule has 3 rings (SSSR count). The van der Waals surface area contributed by atoms with Crippen molar-refractivity contribution in [3.8, 4) is 0 Å². The molecule has 2 N–H and O–H groups in total. The van der Waals surface area contributed by atoms with Gasteiger partial charge in [0.15, 0.2) is 0 Å². The third kappa shape index (κ3) is 7.57. The highest BCUT2D eigenvalue weighted by atomic mass is 35.5. The number of nitrogens with one attached hydrogen (secondary N) is 2. The van der Waals surface area contributed by atoms with Gasteiger partial charge in [0.25, 0.3) is 11.8 Å². The fourth-order valence-electron chi connectivity index (χ4n) is 3.03. The SMILES string of the molecule is O=C(CCCCCN1C(=O)/C(=C/c2ccc(Cl)cc2)SC1=S)NNC(=O)c1cccc(Cl)c1. The number of carbonyl (C=O) groups is 3. The van der Waals surface area contributed by atoms with E-state index >= 15 is 0 Å². The Balaban J connectivity index is 1.36. The zero-order chi connectivity index (χ0) is 23.8. The number of hydrazine groups is 1. The number of thiocarbonyl (C=S) groups is 1. The van der Waals surface area contributed by atoms with Gasteiger partial charge in [-0.1, -0.05) is 71.8 Å². The summed E-state index contributed by atoms with van der Waals surface area (Å²) in [6.07, 6.45) is 4.13. The highest BCUT2D eigenvalue weighted by Crippen LogP contribution is 2.33. The molecule has 1 aliphatic heterocycles. The van der Waals surface area contributed by atoms with Crippen LogP contribution in [0.25, 0.3) is 6.08 Å². The summed E-state index contributed by atoms with van der Waals surface area (Å²) in [4.78, 5) is 38.8. The van der Waals surface area contributed by atoms with Crippen LogP contribution in [0, 0.1) is 0 Å². The van der Waals surface area contributed by atoms with E-state index in [4.69, 9.17) is 35.4 Å². The van der Waals surface area contributed by atoms with Gasteiger partial charge in [-0.25, -0.2) is 0 Å². The monoisotopic (exact) mass is 521 g/mol. The maximum absolute atomic E-state index is 12.7. The molecule has 0 radical (unpaired) electrons. The van der Waals surface area contributed by atoms with Crippen LogP contribution in [0.1, 0.15) is 41.6 Å². The van der Waals surface area contributed by atoms with Crippen molar-refractivity contribution in [2.24, 2.45) is 0 Å². The van der Waals surface area contributed by atoms with Crippen LogP contribution < -0.4 is 10.9 Å². The van der Waals surface area contributed by atoms with Gasteiger partial charge in [0.2, 0.25) is 5.91 Å². The molecule has 1 heterocycles. The summed E-state index contributed by atoms with van der Waals surface area (Å²) in [5.41, 5.74) is 6.00. The third-order valence-electron chi connectivity index (χ3n) is 4.73. The summed E-state index contributed by atoms with van der Waals surface area (Å²) in [5, 5.41) is 1.08. The number of benzene rings is 2. The molecule has 1 aliphatic rings. The van der Waals surface area contributed by atoms with Crippen molar-refractivity contribution in [2.75, 3.05) is 6.54 Å². The smallest absolute Gasteiger partial charge is 0.269 e. The summed E-state index contributed by atoms with van der Waals surface area (Å²) >= 11 is 18.4. The molecule has 0 atom stereocenters. The Kier molecular flexibility index (Phi) is 9.31. The second-order valence-corrected chi connectivity index (χ2v) is 9.76. The van der Waals surface area contributed by atoms with Crippen LogP contribution in [0.4, 0.5) is 0 Å². The highest BCUT2D eigenvalue weighted by Gasteiger charge is 2.31. The molecule has 0 unspecified atom stereocenters. The Morgan fingerprint density at radius 1 is 1.00 bits per heavy atom. The molecule has 10 heteroatoms. The lowest BCUT2D eigenvalue weighted by Gasteiger charge is -2.14. The standard InChI is InChI=1S/C23H21Cl2N3O3S2/c24-17-10-8-15(9-11-17)13-19-22(31)28(23(32)33-19)12-3-1-2-7-20(29)26-27-21(30)16-5-4-6-18(25)14-16/h4-6,8-11,13-14H,1-3,7,12H2,(H,26,29)(H,27,30)/b19-13-. The van der Waals surface area contributed by atoms with Gasteiger partial charge in [-0.2, -0.15) is 0 Å². The second-order valence-electron chi connectivity index (χ2n) is 7.21. The van der Waals surface area contributed by atoms with Gasteiger partial charge in [-0.05, 0) is 54.8 Å². The van der Waals surface area contributed by atoms with Gasteiger partial charge in [-0.15, -0.1) is 0 Å². The van der Waals surface area contributed by atoms with E-state index in [0.29, 0.717) is 44.2 Å². The molecule has 2 aromatic rings. The average Bonchev–Trinajstić information content (AvgIpc) is 3.06. The van der Waals surface area contributed by atoms with Crippen molar-refractivity contribution in [2.45, 2.75) is 25.7 Å². The zero-order valence-electron chi connectivity index (χ0n) is 17.5. The fraction of sp³-hybridized carbons (Fsp3) is 0.217. The maximum Gasteiger partial charge on any atom is 0.269 e. The van der Waals surface area contributed by atoms with Gasteiger partial charge >= 0.3 is 0 Å². The summed E-state index contributed by atoms with van der Waals surface area (Å²) in [6, 6.07) is 13.7. The minimum absolute atomic E-state index is 0.110. The van der Waals surface area contributed by atoms with Crippen molar-refractivity contribution in [3.63, 3.8) is 0 Å². The van der Waals surface area contributed by atoms with Crippen molar-refractivity contribution in [1.82, 2.24) is 15.8 Å². The van der Waals surface area contributed by atoms with E-state index in [1.165, 1.54) is 17.8 Å². The molecule has 1 saturated heterocycles. The first-order valence-corrected chi connectivity index (χ1v) is 12.2. The van der Waals surface area contributed by atoms with Crippen LogP contribution in [0.2, 0.25) is 10.0 Å². The summed E-state index contributed by atoms with van der Waals surface area (Å²) in [7, 11) is 0. The first-order chi connectivity index (χ1) is 15.8. The molecule has 3 amide bonds. The predicted molar refractivity (Wildman–Crippen MR) is 137 cm³/mol. The predicted octanol–water partition coefficient (Wildman–Crippen LogP) is 5.22. The first-order valence-electron chi connectivity index (χ1n) is 10.2. The number of rotatable bonds is 8. The number of halogens is 2. The van der Waals surface area contributed by atoms with E-state index in [2.05, 4.69) is 10.9 Å². The third-order valence-corrected chi connectivity index (χ3v) is 6.59. The first kappa shape index (κ1) is 25.2. The molecular weight excluding hydrogens is 501 g/mol. The van der Waals surface area contributed by atoms with Crippen molar-refractivity contribution >= 4 is 75.3 Å². The van der Waals surface area contributed by atoms with Crippen LogP contribution in [0.5, 0.6) is 0 Å². The normalized spacial score (nSPS) is 14.6. The Hall–Kier alpha value is -2.39. The molecule has 2 aromatic carbocycles. The van der Waals surface area contributed by atoms with Gasteiger partial charge < -0.3 is 0 Å². The largest absolute Gasteiger partial charge is 0.293 e. The van der Waals surface area contributed by atoms with E-state index in [0.717, 1.165) is 12.0 Å². The van der Waals surface area contributed by atoms with E-state index < -0.39 is 5.91 Å². The lowest BCUT2D eigenvalue weighted by Crippen LogP contribution is -2.41. The lowest BCUT2D eigenvalue weighted by atomic mass is 10.2. The van der Waals surface area contributed by atoms with Gasteiger partial charge in [0.1, 0.15) is 4.32 Å². The quantitative estimate of drug-likeness (QED) is 0.215. The van der Waals surface area contributed by atoms with Crippen molar-refractivity contribution in [3.05, 3.63) is 74.6 Å². The molecule has 0 aromatic heterocycles. The average molecular weight is 522 g/mol. The molecule has 1 fully saturated rings. The number of thioether (sulfide) groups is 1. The minimum Gasteiger partial charge on any atom is -0.293 e. The maximum atomic E-state index is 12.7. The summed E-state index contributed by atoms with van der Waals surface area (Å²) in [6.45, 7) is 0.496. The Morgan fingerprint density at radius 3 is 2.48 bits per heavy atom. The molecule has 0 bridgehead atoms. The molecule has 0 saturated carbocycles. The lowest BCUT2D eigenvalue weighted by molar-refractivity contribution is -0.123. The summed E-state index contributed by atoms with van der Waals surface area (Å²) in [5.74, 6) is -0.838.